The molecule has 10 heteroatoms. The number of allylic oxidation sites excluding steroid dienone is 1. The number of nitrogens with one attached hydrogen (secondary N) is 1. The van der Waals surface area contributed by atoms with Crippen LogP contribution in [-0.4, -0.2) is 56.1 Å². The number of benzene rings is 1. The van der Waals surface area contributed by atoms with Gasteiger partial charge in [0.2, 0.25) is 0 Å². The van der Waals surface area contributed by atoms with Gasteiger partial charge in [-0.25, -0.2) is 9.37 Å². The fraction of sp³-hybridized carbons (Fsp3) is 0.409. The molecule has 0 amide bonds. The van der Waals surface area contributed by atoms with Crippen molar-refractivity contribution in [3.05, 3.63) is 36.1 Å². The minimum absolute atomic E-state index is 0.0129. The van der Waals surface area contributed by atoms with E-state index in [1.54, 1.807) is 18.2 Å². The molecule has 1 saturated carbocycles. The summed E-state index contributed by atoms with van der Waals surface area (Å²) in [5, 5.41) is 23.5. The van der Waals surface area contributed by atoms with Crippen LogP contribution in [0, 0.1) is 5.92 Å². The van der Waals surface area contributed by atoms with Crippen LogP contribution in [0.4, 0.5) is 4.39 Å². The average molecular weight is 457 g/mol. The molecule has 3 atom stereocenters. The molecule has 168 valence electrons. The molecule has 1 fully saturated rings. The molecule has 4 rings (SSSR count). The van der Waals surface area contributed by atoms with Crippen molar-refractivity contribution in [2.24, 2.45) is 5.92 Å². The predicted molar refractivity (Wildman–Crippen MR) is 121 cm³/mol. The Morgan fingerprint density at radius 1 is 1.34 bits per heavy atom. The van der Waals surface area contributed by atoms with Gasteiger partial charge in [-0.15, -0.1) is 10.2 Å². The van der Waals surface area contributed by atoms with Crippen LogP contribution in [-0.2, 0) is 0 Å². The Kier molecular flexibility index (Phi) is 6.16. The number of hydrogen-bond acceptors (Lipinski definition) is 9. The minimum Gasteiger partial charge on any atom is -0.507 e. The van der Waals surface area contributed by atoms with Crippen LogP contribution in [0.3, 0.4) is 0 Å². The molecule has 1 aromatic carbocycles. The number of aromatic nitrogens is 5. The molecule has 1 aliphatic rings. The van der Waals surface area contributed by atoms with Gasteiger partial charge in [-0.1, -0.05) is 24.0 Å². The average Bonchev–Trinajstić information content (AvgIpc) is 3.30. The second kappa shape index (κ2) is 8.87. The highest BCUT2D eigenvalue weighted by Gasteiger charge is 2.39. The van der Waals surface area contributed by atoms with Gasteiger partial charge in [0.25, 0.3) is 0 Å². The molecule has 2 N–H and O–H groups in total. The Hall–Kier alpha value is -2.98. The Bertz CT molecular complexity index is 1140. The number of rotatable bonds is 6. The number of halogens is 1. The third-order valence-corrected chi connectivity index (χ3v) is 7.08. The molecular formula is C22H25FN6O2S. The van der Waals surface area contributed by atoms with Gasteiger partial charge in [0.1, 0.15) is 23.3 Å². The second-order valence-electron chi connectivity index (χ2n) is 8.14. The number of ether oxygens (including phenoxy) is 1. The summed E-state index contributed by atoms with van der Waals surface area (Å²) in [6.45, 7) is 6.25. The van der Waals surface area contributed by atoms with Gasteiger partial charge in [0.05, 0.1) is 12.7 Å². The van der Waals surface area contributed by atoms with Crippen LogP contribution in [0.5, 0.6) is 11.8 Å². The van der Waals surface area contributed by atoms with Gasteiger partial charge in [0, 0.05) is 17.0 Å². The third-order valence-electron chi connectivity index (χ3n) is 6.05. The summed E-state index contributed by atoms with van der Waals surface area (Å²) in [5.74, 6) is 0.0691. The van der Waals surface area contributed by atoms with E-state index in [0.717, 1.165) is 6.42 Å². The van der Waals surface area contributed by atoms with E-state index >= 15 is 0 Å². The van der Waals surface area contributed by atoms with Crippen LogP contribution in [0.2, 0.25) is 0 Å². The quantitative estimate of drug-likeness (QED) is 0.575. The highest BCUT2D eigenvalue weighted by molar-refractivity contribution is 7.15. The van der Waals surface area contributed by atoms with Gasteiger partial charge in [-0.2, -0.15) is 9.97 Å². The first-order chi connectivity index (χ1) is 15.3. The van der Waals surface area contributed by atoms with Gasteiger partial charge in [-0.3, -0.25) is 0 Å². The molecule has 1 unspecified atom stereocenters. The minimum atomic E-state index is -0.957. The molecule has 0 bridgehead atoms. The fourth-order valence-electron chi connectivity index (χ4n) is 3.93. The lowest BCUT2D eigenvalue weighted by atomic mass is 9.73. The molecule has 8 nitrogen and oxygen atoms in total. The Morgan fingerprint density at radius 3 is 2.88 bits per heavy atom. The molecule has 2 heterocycles. The number of phenols is 1. The summed E-state index contributed by atoms with van der Waals surface area (Å²) < 4.78 is 19.7. The van der Waals surface area contributed by atoms with E-state index in [1.807, 2.05) is 7.05 Å². The molecule has 32 heavy (non-hydrogen) atoms. The topological polar surface area (TPSA) is 106 Å². The van der Waals surface area contributed by atoms with Crippen molar-refractivity contribution in [1.82, 2.24) is 30.5 Å². The molecule has 1 aliphatic carbocycles. The Labute approximate surface area is 189 Å². The van der Waals surface area contributed by atoms with Gasteiger partial charge < -0.3 is 15.2 Å². The number of phenolic OH excluding ortho intramolecular Hbond substituents is 1. The van der Waals surface area contributed by atoms with E-state index in [-0.39, 0.29) is 23.2 Å². The van der Waals surface area contributed by atoms with E-state index in [4.69, 9.17) is 4.74 Å². The first kappa shape index (κ1) is 22.2. The van der Waals surface area contributed by atoms with Gasteiger partial charge in [-0.05, 0) is 50.9 Å². The van der Waals surface area contributed by atoms with Crippen molar-refractivity contribution in [3.8, 4) is 33.7 Å². The van der Waals surface area contributed by atoms with E-state index < -0.39 is 6.17 Å². The van der Waals surface area contributed by atoms with Crippen molar-refractivity contribution < 1.29 is 14.2 Å². The molecule has 3 aromatic rings. The van der Waals surface area contributed by atoms with E-state index in [0.29, 0.717) is 45.4 Å². The lowest BCUT2D eigenvalue weighted by Crippen LogP contribution is -2.47. The maximum atomic E-state index is 14.7. The van der Waals surface area contributed by atoms with Crippen LogP contribution in [0.25, 0.3) is 27.5 Å². The van der Waals surface area contributed by atoms with Crippen molar-refractivity contribution in [2.45, 2.75) is 37.9 Å². The lowest BCUT2D eigenvalue weighted by molar-refractivity contribution is 0.134. The monoisotopic (exact) mass is 456 g/mol. The van der Waals surface area contributed by atoms with Crippen LogP contribution < -0.4 is 10.1 Å². The van der Waals surface area contributed by atoms with Gasteiger partial charge in [0.15, 0.2) is 10.8 Å². The lowest BCUT2D eigenvalue weighted by Gasteiger charge is -2.40. The SMILES string of the molecule is C=C(c1nnc(-c2ccc(-c3ncnc(OC)n3)cc2O)s1)[C@H]1C[C@@](C)(NC)CCC1F. The van der Waals surface area contributed by atoms with Crippen molar-refractivity contribution in [3.63, 3.8) is 0 Å². The zero-order valence-corrected chi connectivity index (χ0v) is 19.0. The normalized spacial score (nSPS) is 23.1. The smallest absolute Gasteiger partial charge is 0.319 e. The summed E-state index contributed by atoms with van der Waals surface area (Å²) >= 11 is 1.29. The Morgan fingerprint density at radius 2 is 2.16 bits per heavy atom. The molecule has 2 aromatic heterocycles. The Balaban J connectivity index is 1.57. The summed E-state index contributed by atoms with van der Waals surface area (Å²) in [5.41, 5.74) is 1.65. The maximum absolute atomic E-state index is 14.7. The van der Waals surface area contributed by atoms with Crippen LogP contribution >= 0.6 is 11.3 Å². The molecule has 0 radical (unpaired) electrons. The van der Waals surface area contributed by atoms with Gasteiger partial charge >= 0.3 is 6.01 Å². The summed E-state index contributed by atoms with van der Waals surface area (Å²) in [7, 11) is 3.37. The highest BCUT2D eigenvalue weighted by atomic mass is 32.1. The summed E-state index contributed by atoms with van der Waals surface area (Å²) in [4.78, 5) is 12.2. The second-order valence-corrected chi connectivity index (χ2v) is 9.12. The van der Waals surface area contributed by atoms with E-state index in [2.05, 4.69) is 44.0 Å². The number of alkyl halides is 1. The summed E-state index contributed by atoms with van der Waals surface area (Å²) in [6, 6.07) is 5.24. The highest BCUT2D eigenvalue weighted by Crippen LogP contribution is 2.43. The van der Waals surface area contributed by atoms with E-state index in [1.165, 1.54) is 24.8 Å². The number of nitrogens with zero attached hydrogens (tertiary/aromatic N) is 5. The number of aromatic hydroxyl groups is 1. The fourth-order valence-corrected chi connectivity index (χ4v) is 4.84. The molecule has 0 saturated heterocycles. The molecular weight excluding hydrogens is 431 g/mol. The predicted octanol–water partition coefficient (Wildman–Crippen LogP) is 3.90. The summed E-state index contributed by atoms with van der Waals surface area (Å²) in [6.07, 6.45) is 2.30. The maximum Gasteiger partial charge on any atom is 0.319 e. The van der Waals surface area contributed by atoms with Crippen molar-refractivity contribution >= 4 is 16.9 Å². The van der Waals surface area contributed by atoms with Crippen molar-refractivity contribution in [2.75, 3.05) is 14.2 Å². The van der Waals surface area contributed by atoms with Crippen molar-refractivity contribution in [1.29, 1.82) is 0 Å². The standard InChI is InChI=1S/C22H25FN6O2S/c1-12(15-10-22(2,24-3)8-7-16(15)23)19-28-29-20(32-19)14-6-5-13(9-17(14)30)18-25-11-26-21(27-18)31-4/h5-6,9,11,15-16,24,30H,1,7-8,10H2,2-4H3/t15-,16?,22+/m1/s1. The molecule has 0 spiro atoms. The van der Waals surface area contributed by atoms with Crippen LogP contribution in [0.1, 0.15) is 31.2 Å². The third kappa shape index (κ3) is 4.33. The largest absolute Gasteiger partial charge is 0.507 e. The van der Waals surface area contributed by atoms with Crippen LogP contribution in [0.15, 0.2) is 31.1 Å². The first-order valence-corrected chi connectivity index (χ1v) is 11.1. The zero-order chi connectivity index (χ0) is 22.9. The zero-order valence-electron chi connectivity index (χ0n) is 18.2. The number of methoxy groups -OCH3 is 1. The van der Waals surface area contributed by atoms with E-state index in [9.17, 15) is 9.50 Å². The number of hydrogen-bond donors (Lipinski definition) is 2. The molecule has 0 aliphatic heterocycles. The first-order valence-electron chi connectivity index (χ1n) is 10.3.